The number of benzene rings is 1. The second-order valence-corrected chi connectivity index (χ2v) is 7.69. The van der Waals surface area contributed by atoms with Crippen LogP contribution in [0.2, 0.25) is 0 Å². The van der Waals surface area contributed by atoms with Crippen LogP contribution in [0, 0.1) is 20.8 Å². The number of hydrogen-bond donors (Lipinski definition) is 1. The number of thioether (sulfide) groups is 1. The molecule has 6 heteroatoms. The van der Waals surface area contributed by atoms with Gasteiger partial charge in [0.1, 0.15) is 5.03 Å². The maximum Gasteiger partial charge on any atom is 0.251 e. The van der Waals surface area contributed by atoms with Gasteiger partial charge in [-0.15, -0.1) is 0 Å². The van der Waals surface area contributed by atoms with E-state index in [9.17, 15) is 9.59 Å². The van der Waals surface area contributed by atoms with Gasteiger partial charge < -0.3 is 10.6 Å². The molecule has 0 saturated heterocycles. The largest absolute Gasteiger partial charge is 0.366 e. The number of carbonyl (C=O) groups is 2. The molecule has 1 aromatic heterocycles. The van der Waals surface area contributed by atoms with E-state index in [1.54, 1.807) is 0 Å². The standard InChI is InChI=1S/C20H23N3O2S/c1-11-9-15-7-5-6-8-16(15)23(11)17(24)10-26-20-18(19(21)25)13(3)12(2)14(4)22-20/h5-8,11H,9-10H2,1-4H3,(H2,21,25)/t11-/m1/s1. The summed E-state index contributed by atoms with van der Waals surface area (Å²) in [6.07, 6.45) is 0.861. The highest BCUT2D eigenvalue weighted by molar-refractivity contribution is 8.00. The van der Waals surface area contributed by atoms with E-state index in [-0.39, 0.29) is 17.7 Å². The summed E-state index contributed by atoms with van der Waals surface area (Å²) in [5, 5.41) is 0.534. The molecule has 2 heterocycles. The van der Waals surface area contributed by atoms with E-state index >= 15 is 0 Å². The van der Waals surface area contributed by atoms with Gasteiger partial charge in [-0.3, -0.25) is 9.59 Å². The zero-order valence-electron chi connectivity index (χ0n) is 15.5. The highest BCUT2D eigenvalue weighted by atomic mass is 32.2. The van der Waals surface area contributed by atoms with Crippen LogP contribution in [-0.4, -0.2) is 28.6 Å². The third kappa shape index (κ3) is 3.21. The third-order valence-electron chi connectivity index (χ3n) is 5.02. The van der Waals surface area contributed by atoms with E-state index in [4.69, 9.17) is 5.73 Å². The minimum atomic E-state index is -0.507. The second-order valence-electron chi connectivity index (χ2n) is 6.73. The minimum absolute atomic E-state index is 0.0144. The summed E-state index contributed by atoms with van der Waals surface area (Å²) in [7, 11) is 0. The highest BCUT2D eigenvalue weighted by Crippen LogP contribution is 2.33. The van der Waals surface area contributed by atoms with Crippen molar-refractivity contribution in [2.75, 3.05) is 10.7 Å². The molecule has 2 aromatic rings. The second kappa shape index (κ2) is 7.11. The van der Waals surface area contributed by atoms with Crippen LogP contribution in [-0.2, 0) is 11.2 Å². The first-order valence-electron chi connectivity index (χ1n) is 8.61. The number of aromatic nitrogens is 1. The van der Waals surface area contributed by atoms with Crippen LogP contribution in [0.25, 0.3) is 0 Å². The van der Waals surface area contributed by atoms with Crippen LogP contribution >= 0.6 is 11.8 Å². The maximum atomic E-state index is 12.9. The number of nitrogens with two attached hydrogens (primary N) is 1. The molecule has 0 saturated carbocycles. The van der Waals surface area contributed by atoms with Crippen molar-refractivity contribution < 1.29 is 9.59 Å². The number of carbonyl (C=O) groups excluding carboxylic acids is 2. The Bertz CT molecular complexity index is 895. The van der Waals surface area contributed by atoms with Crippen LogP contribution in [0.3, 0.4) is 0 Å². The number of pyridine rings is 1. The molecule has 26 heavy (non-hydrogen) atoms. The summed E-state index contributed by atoms with van der Waals surface area (Å²) in [5.74, 6) is -0.276. The lowest BCUT2D eigenvalue weighted by Crippen LogP contribution is -2.37. The van der Waals surface area contributed by atoms with Crippen LogP contribution in [0.15, 0.2) is 29.3 Å². The van der Waals surface area contributed by atoms with Gasteiger partial charge in [-0.1, -0.05) is 30.0 Å². The molecule has 0 bridgehead atoms. The SMILES string of the molecule is Cc1nc(SCC(=O)N2c3ccccc3C[C@H]2C)c(C(N)=O)c(C)c1C. The van der Waals surface area contributed by atoms with Gasteiger partial charge in [0.25, 0.3) is 5.91 Å². The number of aryl methyl sites for hydroxylation is 1. The smallest absolute Gasteiger partial charge is 0.251 e. The fraction of sp³-hybridized carbons (Fsp3) is 0.350. The van der Waals surface area contributed by atoms with Gasteiger partial charge in [-0.2, -0.15) is 0 Å². The van der Waals surface area contributed by atoms with E-state index in [1.165, 1.54) is 17.3 Å². The maximum absolute atomic E-state index is 12.9. The molecular weight excluding hydrogens is 346 g/mol. The van der Waals surface area contributed by atoms with E-state index in [2.05, 4.69) is 18.0 Å². The van der Waals surface area contributed by atoms with Crippen LogP contribution in [0.1, 0.15) is 39.7 Å². The van der Waals surface area contributed by atoms with E-state index in [0.29, 0.717) is 10.6 Å². The molecule has 2 N–H and O–H groups in total. The monoisotopic (exact) mass is 369 g/mol. The molecule has 0 fully saturated rings. The Morgan fingerprint density at radius 2 is 1.92 bits per heavy atom. The Morgan fingerprint density at radius 3 is 2.62 bits per heavy atom. The molecule has 1 atom stereocenters. The summed E-state index contributed by atoms with van der Waals surface area (Å²) >= 11 is 1.28. The van der Waals surface area contributed by atoms with E-state index < -0.39 is 5.91 Å². The zero-order chi connectivity index (χ0) is 19.0. The lowest BCUT2D eigenvalue weighted by Gasteiger charge is -2.23. The molecule has 0 spiro atoms. The van der Waals surface area contributed by atoms with Crippen molar-refractivity contribution >= 4 is 29.3 Å². The number of amides is 2. The average Bonchev–Trinajstić information content (AvgIpc) is 2.92. The first-order chi connectivity index (χ1) is 12.3. The Hall–Kier alpha value is -2.34. The molecule has 1 aromatic carbocycles. The topological polar surface area (TPSA) is 76.3 Å². The summed E-state index contributed by atoms with van der Waals surface area (Å²) in [6, 6.07) is 8.12. The van der Waals surface area contributed by atoms with Gasteiger partial charge in [0.15, 0.2) is 0 Å². The molecule has 2 amide bonds. The molecule has 136 valence electrons. The predicted molar refractivity (Wildman–Crippen MR) is 105 cm³/mol. The number of rotatable bonds is 4. The molecule has 0 unspecified atom stereocenters. The molecular formula is C20H23N3O2S. The summed E-state index contributed by atoms with van der Waals surface area (Å²) in [4.78, 5) is 31.1. The normalized spacial score (nSPS) is 15.8. The van der Waals surface area contributed by atoms with Crippen molar-refractivity contribution in [2.45, 2.75) is 45.2 Å². The first-order valence-corrected chi connectivity index (χ1v) is 9.60. The van der Waals surface area contributed by atoms with Crippen LogP contribution in [0.5, 0.6) is 0 Å². The number of hydrogen-bond acceptors (Lipinski definition) is 4. The van der Waals surface area contributed by atoms with Crippen molar-refractivity contribution in [3.63, 3.8) is 0 Å². The molecule has 3 rings (SSSR count). The lowest BCUT2D eigenvalue weighted by molar-refractivity contribution is -0.116. The number of nitrogens with zero attached hydrogens (tertiary/aromatic N) is 2. The number of primary amides is 1. The summed E-state index contributed by atoms with van der Waals surface area (Å²) in [5.41, 5.74) is 10.8. The van der Waals surface area contributed by atoms with Crippen LogP contribution in [0.4, 0.5) is 5.69 Å². The van der Waals surface area contributed by atoms with E-state index in [1.807, 2.05) is 43.9 Å². The van der Waals surface area contributed by atoms with Gasteiger partial charge in [0.05, 0.1) is 11.3 Å². The lowest BCUT2D eigenvalue weighted by atomic mass is 10.0. The van der Waals surface area contributed by atoms with Gasteiger partial charge in [-0.25, -0.2) is 4.98 Å². The fourth-order valence-electron chi connectivity index (χ4n) is 3.45. The van der Waals surface area contributed by atoms with Gasteiger partial charge in [0.2, 0.25) is 5.91 Å². The zero-order valence-corrected chi connectivity index (χ0v) is 16.3. The fourth-order valence-corrected chi connectivity index (χ4v) is 4.45. The van der Waals surface area contributed by atoms with Crippen LogP contribution < -0.4 is 10.6 Å². The molecule has 1 aliphatic heterocycles. The van der Waals surface area contributed by atoms with Crippen molar-refractivity contribution in [2.24, 2.45) is 5.73 Å². The van der Waals surface area contributed by atoms with Gasteiger partial charge in [-0.05, 0) is 56.9 Å². The Labute approximate surface area is 158 Å². The van der Waals surface area contributed by atoms with Crippen molar-refractivity contribution in [3.05, 3.63) is 52.2 Å². The predicted octanol–water partition coefficient (Wildman–Crippen LogP) is 3.18. The van der Waals surface area contributed by atoms with Crippen molar-refractivity contribution in [1.29, 1.82) is 0 Å². The molecule has 0 radical (unpaired) electrons. The van der Waals surface area contributed by atoms with Gasteiger partial charge >= 0.3 is 0 Å². The first kappa shape index (κ1) is 18.5. The highest BCUT2D eigenvalue weighted by Gasteiger charge is 2.30. The van der Waals surface area contributed by atoms with E-state index in [0.717, 1.165) is 28.9 Å². The third-order valence-corrected chi connectivity index (χ3v) is 5.98. The molecule has 0 aliphatic carbocycles. The number of para-hydroxylation sites is 1. The molecule has 5 nitrogen and oxygen atoms in total. The Kier molecular flexibility index (Phi) is 5.05. The Morgan fingerprint density at radius 1 is 1.23 bits per heavy atom. The quantitative estimate of drug-likeness (QED) is 0.840. The van der Waals surface area contributed by atoms with Crippen molar-refractivity contribution in [1.82, 2.24) is 4.98 Å². The number of fused-ring (bicyclic) bond motifs is 1. The summed E-state index contributed by atoms with van der Waals surface area (Å²) < 4.78 is 0. The minimum Gasteiger partial charge on any atom is -0.366 e. The van der Waals surface area contributed by atoms with Gasteiger partial charge in [0, 0.05) is 17.4 Å². The Balaban J connectivity index is 1.84. The average molecular weight is 369 g/mol. The number of anilines is 1. The summed E-state index contributed by atoms with van der Waals surface area (Å²) in [6.45, 7) is 7.74. The van der Waals surface area contributed by atoms with Crippen molar-refractivity contribution in [3.8, 4) is 0 Å². The molecule has 1 aliphatic rings.